The van der Waals surface area contributed by atoms with Crippen molar-refractivity contribution in [2.75, 3.05) is 7.05 Å². The smallest absolute Gasteiger partial charge is 0.123 e. The van der Waals surface area contributed by atoms with Gasteiger partial charge in [-0.2, -0.15) is 0 Å². The molecular weight excluding hydrogens is 417 g/mol. The van der Waals surface area contributed by atoms with E-state index in [9.17, 15) is 4.39 Å². The van der Waals surface area contributed by atoms with Gasteiger partial charge in [0, 0.05) is 12.6 Å². The molecule has 1 nitrogen and oxygen atoms in total. The van der Waals surface area contributed by atoms with Gasteiger partial charge in [-0.05, 0) is 85.9 Å². The Bertz CT molecular complexity index is 996. The van der Waals surface area contributed by atoms with Gasteiger partial charge in [0.05, 0.1) is 0 Å². The molecule has 2 aromatic carbocycles. The van der Waals surface area contributed by atoms with Gasteiger partial charge in [-0.3, -0.25) is 4.90 Å². The third kappa shape index (κ3) is 7.53. The molecule has 1 aliphatic carbocycles. The van der Waals surface area contributed by atoms with Gasteiger partial charge in [-0.1, -0.05) is 93.5 Å². The number of nitrogens with zero attached hydrogens (tertiary/aromatic N) is 1. The average Bonchev–Trinajstić information content (AvgIpc) is 2.82. The van der Waals surface area contributed by atoms with E-state index in [2.05, 4.69) is 75.7 Å². The van der Waals surface area contributed by atoms with Gasteiger partial charge in [0.1, 0.15) is 5.82 Å². The summed E-state index contributed by atoms with van der Waals surface area (Å²) in [6.07, 6.45) is 14.4. The molecule has 0 radical (unpaired) electrons. The number of hydrogen-bond acceptors (Lipinski definition) is 1. The Balaban J connectivity index is 1.79. The summed E-state index contributed by atoms with van der Waals surface area (Å²) < 4.78 is 13.8. The molecule has 0 N–H and O–H groups in total. The molecule has 0 aliphatic heterocycles. The molecule has 1 aliphatic rings. The fourth-order valence-electron chi connectivity index (χ4n) is 5.10. The van der Waals surface area contributed by atoms with E-state index < -0.39 is 0 Å². The van der Waals surface area contributed by atoms with E-state index in [1.54, 1.807) is 23.8 Å². The zero-order chi connectivity index (χ0) is 24.5. The predicted octanol–water partition coefficient (Wildman–Crippen LogP) is 8.55. The first kappa shape index (κ1) is 26.2. The van der Waals surface area contributed by atoms with Crippen molar-refractivity contribution in [2.45, 2.75) is 78.3 Å². The molecule has 0 heterocycles. The summed E-state index contributed by atoms with van der Waals surface area (Å²) in [6.45, 7) is 11.5. The van der Waals surface area contributed by atoms with Crippen molar-refractivity contribution in [1.29, 1.82) is 0 Å². The SMILES string of the molecule is C=Cc1cc(F)ccc1CN(C)C(CCc1ccc(CCC)cc1)C1=CC=C(CC(C)C)CC1. The highest BCUT2D eigenvalue weighted by Gasteiger charge is 2.22. The number of benzene rings is 2. The molecular formula is C32H42FN. The Labute approximate surface area is 207 Å². The van der Waals surface area contributed by atoms with Crippen LogP contribution in [0.3, 0.4) is 0 Å². The Morgan fingerprint density at radius 2 is 1.71 bits per heavy atom. The Hall–Kier alpha value is -2.45. The number of aryl methyl sites for hydroxylation is 2. The summed E-state index contributed by atoms with van der Waals surface area (Å²) in [5, 5.41) is 0. The maximum atomic E-state index is 13.8. The number of halogens is 1. The molecule has 1 unspecified atom stereocenters. The van der Waals surface area contributed by atoms with Crippen molar-refractivity contribution >= 4 is 6.08 Å². The van der Waals surface area contributed by atoms with Gasteiger partial charge in [0.2, 0.25) is 0 Å². The van der Waals surface area contributed by atoms with E-state index >= 15 is 0 Å². The maximum absolute atomic E-state index is 13.8. The first-order valence-electron chi connectivity index (χ1n) is 13.0. The topological polar surface area (TPSA) is 3.24 Å². The van der Waals surface area contributed by atoms with E-state index in [0.29, 0.717) is 12.0 Å². The highest BCUT2D eigenvalue weighted by molar-refractivity contribution is 5.52. The normalized spacial score (nSPS) is 14.8. The first-order valence-corrected chi connectivity index (χ1v) is 13.0. The highest BCUT2D eigenvalue weighted by Crippen LogP contribution is 2.30. The summed E-state index contributed by atoms with van der Waals surface area (Å²) in [5.41, 5.74) is 7.92. The van der Waals surface area contributed by atoms with Crippen LogP contribution in [0.5, 0.6) is 0 Å². The molecule has 0 saturated carbocycles. The van der Waals surface area contributed by atoms with Gasteiger partial charge in [-0.15, -0.1) is 0 Å². The van der Waals surface area contributed by atoms with Gasteiger partial charge in [-0.25, -0.2) is 4.39 Å². The van der Waals surface area contributed by atoms with Crippen LogP contribution in [0.15, 0.2) is 72.3 Å². The molecule has 1 atom stereocenters. The van der Waals surface area contributed by atoms with Crippen LogP contribution in [0, 0.1) is 11.7 Å². The lowest BCUT2D eigenvalue weighted by Gasteiger charge is -2.32. The molecule has 0 spiro atoms. The van der Waals surface area contributed by atoms with E-state index in [1.165, 1.54) is 29.5 Å². The zero-order valence-electron chi connectivity index (χ0n) is 21.6. The summed E-state index contributed by atoms with van der Waals surface area (Å²) >= 11 is 0. The number of rotatable bonds is 12. The third-order valence-corrected chi connectivity index (χ3v) is 6.91. The monoisotopic (exact) mass is 459 g/mol. The van der Waals surface area contributed by atoms with Crippen molar-refractivity contribution < 1.29 is 4.39 Å². The molecule has 0 amide bonds. The number of allylic oxidation sites excluding steroid dienone is 3. The van der Waals surface area contributed by atoms with Crippen molar-refractivity contribution in [2.24, 2.45) is 5.92 Å². The van der Waals surface area contributed by atoms with Crippen LogP contribution >= 0.6 is 0 Å². The lowest BCUT2D eigenvalue weighted by molar-refractivity contribution is 0.247. The van der Waals surface area contributed by atoms with Crippen LogP contribution in [0.25, 0.3) is 6.08 Å². The summed E-state index contributed by atoms with van der Waals surface area (Å²) in [7, 11) is 2.21. The largest absolute Gasteiger partial charge is 0.295 e. The second kappa shape index (κ2) is 12.9. The lowest BCUT2D eigenvalue weighted by atomic mass is 9.87. The van der Waals surface area contributed by atoms with Crippen molar-refractivity contribution in [1.82, 2.24) is 4.90 Å². The van der Waals surface area contributed by atoms with Gasteiger partial charge < -0.3 is 0 Å². The standard InChI is InChI=1S/C32H42FN/c1-6-8-25-9-11-26(12-10-25)15-20-32(29-16-13-27(14-17-29)21-24(3)4)34(5)23-30-18-19-31(33)22-28(30)7-2/h7,9-13,16,18-19,22,24,32H,2,6,8,14-15,17,20-21,23H2,1,3-5H3. The van der Waals surface area contributed by atoms with Crippen LogP contribution in [-0.4, -0.2) is 18.0 Å². The molecule has 2 aromatic rings. The molecule has 0 bridgehead atoms. The molecule has 3 rings (SSSR count). The maximum Gasteiger partial charge on any atom is 0.123 e. The molecule has 34 heavy (non-hydrogen) atoms. The van der Waals surface area contributed by atoms with E-state index in [-0.39, 0.29) is 5.82 Å². The Morgan fingerprint density at radius 3 is 2.29 bits per heavy atom. The minimum Gasteiger partial charge on any atom is -0.295 e. The molecule has 0 fully saturated rings. The zero-order valence-corrected chi connectivity index (χ0v) is 21.6. The van der Waals surface area contributed by atoms with Crippen molar-refractivity contribution in [3.8, 4) is 0 Å². The van der Waals surface area contributed by atoms with Gasteiger partial charge in [0.25, 0.3) is 0 Å². The summed E-state index contributed by atoms with van der Waals surface area (Å²) in [6, 6.07) is 14.6. The van der Waals surface area contributed by atoms with Crippen LogP contribution in [0.2, 0.25) is 0 Å². The minimum absolute atomic E-state index is 0.206. The van der Waals surface area contributed by atoms with Gasteiger partial charge in [0.15, 0.2) is 0 Å². The number of likely N-dealkylation sites (N-methyl/N-ethyl adjacent to an activating group) is 1. The average molecular weight is 460 g/mol. The second-order valence-electron chi connectivity index (χ2n) is 10.2. The third-order valence-electron chi connectivity index (χ3n) is 6.91. The molecule has 0 saturated heterocycles. The Kier molecular flexibility index (Phi) is 9.89. The minimum atomic E-state index is -0.206. The van der Waals surface area contributed by atoms with Crippen molar-refractivity contribution in [3.05, 3.63) is 100 Å². The van der Waals surface area contributed by atoms with E-state index in [4.69, 9.17) is 0 Å². The molecule has 182 valence electrons. The number of hydrogen-bond donors (Lipinski definition) is 0. The lowest BCUT2D eigenvalue weighted by Crippen LogP contribution is -2.34. The van der Waals surface area contributed by atoms with Crippen molar-refractivity contribution in [3.63, 3.8) is 0 Å². The highest BCUT2D eigenvalue weighted by atomic mass is 19.1. The predicted molar refractivity (Wildman–Crippen MR) is 145 cm³/mol. The van der Waals surface area contributed by atoms with E-state index in [1.807, 2.05) is 6.07 Å². The fourth-order valence-corrected chi connectivity index (χ4v) is 5.10. The first-order chi connectivity index (χ1) is 16.4. The summed E-state index contributed by atoms with van der Waals surface area (Å²) in [5.74, 6) is 0.494. The quantitative estimate of drug-likeness (QED) is 0.307. The fraction of sp³-hybridized carbons (Fsp3) is 0.438. The van der Waals surface area contributed by atoms with E-state index in [0.717, 1.165) is 49.8 Å². The second-order valence-corrected chi connectivity index (χ2v) is 10.2. The van der Waals surface area contributed by atoms with Crippen LogP contribution in [0.1, 0.15) is 75.1 Å². The Morgan fingerprint density at radius 1 is 1.00 bits per heavy atom. The van der Waals surface area contributed by atoms with Gasteiger partial charge >= 0.3 is 0 Å². The van der Waals surface area contributed by atoms with Crippen LogP contribution in [0.4, 0.5) is 4.39 Å². The summed E-state index contributed by atoms with van der Waals surface area (Å²) in [4.78, 5) is 2.44. The molecule has 0 aromatic heterocycles. The molecule has 2 heteroatoms. The van der Waals surface area contributed by atoms with Crippen LogP contribution in [-0.2, 0) is 19.4 Å². The van der Waals surface area contributed by atoms with Crippen LogP contribution < -0.4 is 0 Å².